The third-order valence-electron chi connectivity index (χ3n) is 4.34. The van der Waals surface area contributed by atoms with E-state index in [0.29, 0.717) is 16.7 Å². The van der Waals surface area contributed by atoms with Gasteiger partial charge in [-0.15, -0.1) is 0 Å². The van der Waals surface area contributed by atoms with Crippen LogP contribution in [-0.4, -0.2) is 54.8 Å². The summed E-state index contributed by atoms with van der Waals surface area (Å²) in [6, 6.07) is 5.82. The molecule has 0 bridgehead atoms. The van der Waals surface area contributed by atoms with Gasteiger partial charge < -0.3 is 9.64 Å². The summed E-state index contributed by atoms with van der Waals surface area (Å²) >= 11 is 12.1. The van der Waals surface area contributed by atoms with Gasteiger partial charge in [-0.3, -0.25) is 4.90 Å². The van der Waals surface area contributed by atoms with E-state index in [1.807, 2.05) is 30.6 Å². The Kier molecular flexibility index (Phi) is 6.48. The lowest BCUT2D eigenvalue weighted by Crippen LogP contribution is -2.46. The van der Waals surface area contributed by atoms with Crippen LogP contribution in [0.5, 0.6) is 0 Å². The van der Waals surface area contributed by atoms with E-state index in [-0.39, 0.29) is 0 Å². The molecule has 1 aromatic carbocycles. The van der Waals surface area contributed by atoms with Crippen LogP contribution >= 0.6 is 23.2 Å². The zero-order valence-corrected chi connectivity index (χ0v) is 15.8. The smallest absolute Gasteiger partial charge is 0.130 e. The van der Waals surface area contributed by atoms with Crippen molar-refractivity contribution in [3.05, 3.63) is 52.0 Å². The SMILES string of the molecule is COCCc1ncc(CN2CCN(c3ccc(Cl)c(Cl)c3)CC2)cn1. The van der Waals surface area contributed by atoms with E-state index in [0.717, 1.165) is 56.2 Å². The van der Waals surface area contributed by atoms with Crippen LogP contribution in [0.2, 0.25) is 10.0 Å². The number of piperazine rings is 1. The van der Waals surface area contributed by atoms with Crippen LogP contribution in [0.4, 0.5) is 5.69 Å². The van der Waals surface area contributed by atoms with E-state index < -0.39 is 0 Å². The summed E-state index contributed by atoms with van der Waals surface area (Å²) in [5.74, 6) is 0.829. The number of benzene rings is 1. The number of anilines is 1. The molecule has 1 aliphatic rings. The van der Waals surface area contributed by atoms with Crippen molar-refractivity contribution in [1.82, 2.24) is 14.9 Å². The summed E-state index contributed by atoms with van der Waals surface area (Å²) in [6.07, 6.45) is 4.59. The maximum Gasteiger partial charge on any atom is 0.130 e. The van der Waals surface area contributed by atoms with Crippen LogP contribution in [0.25, 0.3) is 0 Å². The Bertz CT molecular complexity index is 688. The maximum absolute atomic E-state index is 6.12. The highest BCUT2D eigenvalue weighted by Crippen LogP contribution is 2.27. The Morgan fingerprint density at radius 2 is 1.76 bits per heavy atom. The van der Waals surface area contributed by atoms with Crippen LogP contribution in [0.3, 0.4) is 0 Å². The molecule has 2 aromatic rings. The number of methoxy groups -OCH3 is 1. The van der Waals surface area contributed by atoms with E-state index in [4.69, 9.17) is 27.9 Å². The van der Waals surface area contributed by atoms with Crippen molar-refractivity contribution in [3.63, 3.8) is 0 Å². The van der Waals surface area contributed by atoms with Crippen LogP contribution in [-0.2, 0) is 17.7 Å². The highest BCUT2D eigenvalue weighted by molar-refractivity contribution is 6.42. The number of hydrogen-bond donors (Lipinski definition) is 0. The van der Waals surface area contributed by atoms with Crippen molar-refractivity contribution in [3.8, 4) is 0 Å². The highest BCUT2D eigenvalue weighted by Gasteiger charge is 2.18. The molecule has 1 fully saturated rings. The molecule has 25 heavy (non-hydrogen) atoms. The Balaban J connectivity index is 1.51. The van der Waals surface area contributed by atoms with Crippen molar-refractivity contribution in [2.24, 2.45) is 0 Å². The van der Waals surface area contributed by atoms with Crippen molar-refractivity contribution in [2.45, 2.75) is 13.0 Å². The molecule has 134 valence electrons. The normalized spacial score (nSPS) is 15.6. The average Bonchev–Trinajstić information content (AvgIpc) is 2.64. The molecule has 1 aromatic heterocycles. The van der Waals surface area contributed by atoms with Crippen LogP contribution in [0, 0.1) is 0 Å². The summed E-state index contributed by atoms with van der Waals surface area (Å²) in [5, 5.41) is 1.20. The molecule has 0 saturated carbocycles. The molecule has 0 spiro atoms. The van der Waals surface area contributed by atoms with Crippen molar-refractivity contribution < 1.29 is 4.74 Å². The zero-order valence-electron chi connectivity index (χ0n) is 14.3. The molecule has 3 rings (SSSR count). The average molecular weight is 381 g/mol. The Morgan fingerprint density at radius 3 is 2.40 bits per heavy atom. The van der Waals surface area contributed by atoms with Gasteiger partial charge in [0.1, 0.15) is 5.82 Å². The van der Waals surface area contributed by atoms with Crippen molar-refractivity contribution in [1.29, 1.82) is 0 Å². The number of rotatable bonds is 6. The summed E-state index contributed by atoms with van der Waals surface area (Å²) in [4.78, 5) is 13.6. The van der Waals surface area contributed by atoms with E-state index in [2.05, 4.69) is 19.8 Å². The third-order valence-corrected chi connectivity index (χ3v) is 5.07. The van der Waals surface area contributed by atoms with E-state index >= 15 is 0 Å². The van der Waals surface area contributed by atoms with E-state index in [1.54, 1.807) is 7.11 Å². The van der Waals surface area contributed by atoms with Gasteiger partial charge in [0, 0.05) is 69.9 Å². The summed E-state index contributed by atoms with van der Waals surface area (Å²) in [7, 11) is 1.69. The molecular weight excluding hydrogens is 359 g/mol. The van der Waals surface area contributed by atoms with Gasteiger partial charge in [-0.25, -0.2) is 9.97 Å². The summed E-state index contributed by atoms with van der Waals surface area (Å²) in [6.45, 7) is 5.43. The Morgan fingerprint density at radius 1 is 1.04 bits per heavy atom. The van der Waals surface area contributed by atoms with Crippen LogP contribution < -0.4 is 4.90 Å². The predicted octanol–water partition coefficient (Wildman–Crippen LogP) is 3.29. The van der Waals surface area contributed by atoms with Crippen molar-refractivity contribution >= 4 is 28.9 Å². The minimum atomic E-state index is 0.595. The number of ether oxygens (including phenoxy) is 1. The van der Waals surface area contributed by atoms with E-state index in [1.165, 1.54) is 0 Å². The van der Waals surface area contributed by atoms with Gasteiger partial charge in [0.25, 0.3) is 0 Å². The predicted molar refractivity (Wildman–Crippen MR) is 102 cm³/mol. The molecule has 0 aliphatic carbocycles. The monoisotopic (exact) mass is 380 g/mol. The number of aromatic nitrogens is 2. The van der Waals surface area contributed by atoms with Gasteiger partial charge in [-0.05, 0) is 18.2 Å². The number of halogens is 2. The first-order valence-electron chi connectivity index (χ1n) is 8.37. The second-order valence-corrected chi connectivity index (χ2v) is 6.93. The molecule has 2 heterocycles. The van der Waals surface area contributed by atoms with Crippen LogP contribution in [0.15, 0.2) is 30.6 Å². The molecule has 5 nitrogen and oxygen atoms in total. The van der Waals surface area contributed by atoms with Gasteiger partial charge >= 0.3 is 0 Å². The quantitative estimate of drug-likeness (QED) is 0.768. The second-order valence-electron chi connectivity index (χ2n) is 6.11. The molecule has 1 aliphatic heterocycles. The minimum absolute atomic E-state index is 0.595. The molecule has 0 amide bonds. The fourth-order valence-electron chi connectivity index (χ4n) is 2.89. The van der Waals surface area contributed by atoms with Gasteiger partial charge in [0.15, 0.2) is 0 Å². The molecule has 0 radical (unpaired) electrons. The first-order chi connectivity index (χ1) is 12.2. The lowest BCUT2D eigenvalue weighted by atomic mass is 10.2. The lowest BCUT2D eigenvalue weighted by molar-refractivity contribution is 0.200. The highest BCUT2D eigenvalue weighted by atomic mass is 35.5. The Labute approximate surface area is 158 Å². The number of nitrogens with zero attached hydrogens (tertiary/aromatic N) is 4. The molecule has 0 unspecified atom stereocenters. The Hall–Kier alpha value is -1.40. The van der Waals surface area contributed by atoms with Gasteiger partial charge in [-0.2, -0.15) is 0 Å². The third kappa shape index (κ3) is 5.05. The topological polar surface area (TPSA) is 41.5 Å². The fourth-order valence-corrected chi connectivity index (χ4v) is 3.18. The standard InChI is InChI=1S/C18H22Cl2N4O/c1-25-9-4-18-21-11-14(12-22-18)13-23-5-7-24(8-6-23)15-2-3-16(19)17(20)10-15/h2-3,10-12H,4-9,13H2,1H3. The molecule has 0 atom stereocenters. The molecule has 0 N–H and O–H groups in total. The zero-order chi connectivity index (χ0) is 17.6. The summed E-state index contributed by atoms with van der Waals surface area (Å²) < 4.78 is 5.05. The first-order valence-corrected chi connectivity index (χ1v) is 9.12. The molecular formula is C18H22Cl2N4O. The maximum atomic E-state index is 6.12. The van der Waals surface area contributed by atoms with Gasteiger partial charge in [0.2, 0.25) is 0 Å². The largest absolute Gasteiger partial charge is 0.384 e. The van der Waals surface area contributed by atoms with Crippen molar-refractivity contribution in [2.75, 3.05) is 44.8 Å². The molecule has 1 saturated heterocycles. The number of hydrogen-bond acceptors (Lipinski definition) is 5. The van der Waals surface area contributed by atoms with E-state index in [9.17, 15) is 0 Å². The van der Waals surface area contributed by atoms with Gasteiger partial charge in [-0.1, -0.05) is 23.2 Å². The molecule has 7 heteroatoms. The second kappa shape index (κ2) is 8.81. The van der Waals surface area contributed by atoms with Gasteiger partial charge in [0.05, 0.1) is 16.7 Å². The minimum Gasteiger partial charge on any atom is -0.384 e. The lowest BCUT2D eigenvalue weighted by Gasteiger charge is -2.36. The summed E-state index contributed by atoms with van der Waals surface area (Å²) in [5.41, 5.74) is 2.27. The van der Waals surface area contributed by atoms with Crippen LogP contribution in [0.1, 0.15) is 11.4 Å². The fraction of sp³-hybridized carbons (Fsp3) is 0.444. The first kappa shape index (κ1) is 18.4.